The fourth-order valence-electron chi connectivity index (χ4n) is 4.52. The second-order valence-electron chi connectivity index (χ2n) is 8.43. The van der Waals surface area contributed by atoms with Crippen LogP contribution in [-0.4, -0.2) is 55.1 Å². The number of benzene rings is 2. The first-order valence-electron chi connectivity index (χ1n) is 11.5. The maximum atomic E-state index is 13.4. The summed E-state index contributed by atoms with van der Waals surface area (Å²) in [5.41, 5.74) is 2.33. The summed E-state index contributed by atoms with van der Waals surface area (Å²) in [6, 6.07) is 11.0. The van der Waals surface area contributed by atoms with E-state index in [4.69, 9.17) is 18.9 Å². The van der Waals surface area contributed by atoms with E-state index in [1.165, 1.54) is 26.2 Å². The fraction of sp³-hybridized carbons (Fsp3) is 0.250. The lowest BCUT2D eigenvalue weighted by molar-refractivity contribution is -0.140. The first-order chi connectivity index (χ1) is 17.8. The van der Waals surface area contributed by atoms with Crippen LogP contribution in [0.25, 0.3) is 5.76 Å². The van der Waals surface area contributed by atoms with E-state index in [1.807, 2.05) is 13.0 Å². The van der Waals surface area contributed by atoms with Crippen molar-refractivity contribution in [3.63, 3.8) is 0 Å². The Kier molecular flexibility index (Phi) is 7.33. The van der Waals surface area contributed by atoms with Gasteiger partial charge in [-0.1, -0.05) is 6.07 Å². The molecular formula is C28H28N2O7. The number of aromatic nitrogens is 1. The number of carbonyl (C=O) groups is 2. The molecule has 0 bridgehead atoms. The van der Waals surface area contributed by atoms with E-state index in [-0.39, 0.29) is 17.9 Å². The number of Topliss-reactive ketones (excluding diaryl/α,β-unsaturated/α-hetero) is 1. The summed E-state index contributed by atoms with van der Waals surface area (Å²) >= 11 is 0. The third kappa shape index (κ3) is 4.67. The molecule has 4 rings (SSSR count). The zero-order chi connectivity index (χ0) is 26.7. The Morgan fingerprint density at radius 1 is 0.946 bits per heavy atom. The smallest absolute Gasteiger partial charge is 0.295 e. The van der Waals surface area contributed by atoms with Gasteiger partial charge >= 0.3 is 0 Å². The lowest BCUT2D eigenvalue weighted by Gasteiger charge is -2.26. The quantitative estimate of drug-likeness (QED) is 0.278. The summed E-state index contributed by atoms with van der Waals surface area (Å²) in [5.74, 6) is -0.133. The van der Waals surface area contributed by atoms with E-state index < -0.39 is 17.7 Å². The van der Waals surface area contributed by atoms with Gasteiger partial charge in [0.25, 0.3) is 11.7 Å². The number of aliphatic hydroxyl groups is 1. The zero-order valence-corrected chi connectivity index (χ0v) is 21.3. The average molecular weight is 505 g/mol. The van der Waals surface area contributed by atoms with E-state index in [9.17, 15) is 14.7 Å². The molecule has 192 valence electrons. The monoisotopic (exact) mass is 504 g/mol. The van der Waals surface area contributed by atoms with Crippen LogP contribution in [0.15, 0.2) is 60.4 Å². The summed E-state index contributed by atoms with van der Waals surface area (Å²) in [5, 5.41) is 11.4. The van der Waals surface area contributed by atoms with Crippen molar-refractivity contribution in [1.82, 2.24) is 9.88 Å². The van der Waals surface area contributed by atoms with Gasteiger partial charge in [0.2, 0.25) is 5.75 Å². The number of aryl methyl sites for hydroxylation is 1. The molecule has 0 unspecified atom stereocenters. The summed E-state index contributed by atoms with van der Waals surface area (Å²) in [6.45, 7) is 1.92. The topological polar surface area (TPSA) is 107 Å². The molecule has 1 atom stereocenters. The van der Waals surface area contributed by atoms with Crippen LogP contribution in [0, 0.1) is 6.92 Å². The molecule has 2 aromatic carbocycles. The van der Waals surface area contributed by atoms with Gasteiger partial charge in [0.05, 0.1) is 40.1 Å². The highest BCUT2D eigenvalue weighted by Gasteiger charge is 2.46. The Morgan fingerprint density at radius 3 is 2.16 bits per heavy atom. The number of ketones is 1. The normalized spacial score (nSPS) is 16.6. The van der Waals surface area contributed by atoms with Crippen molar-refractivity contribution in [2.24, 2.45) is 0 Å². The Morgan fingerprint density at radius 2 is 1.62 bits per heavy atom. The van der Waals surface area contributed by atoms with E-state index in [0.29, 0.717) is 34.1 Å². The molecule has 9 nitrogen and oxygen atoms in total. The predicted octanol–water partition coefficient (Wildman–Crippen LogP) is 4.05. The Bertz CT molecular complexity index is 1340. The standard InChI is InChI=1S/C28H28N2O7/c1-16-11-18(8-9-20(16)34-2)25(31)23-24(19-12-21(35-3)27(37-5)22(13-19)36-4)30(28(33)26(23)32)15-17-7-6-10-29-14-17/h6-14,24,31H,15H2,1-5H3/b25-23+/t24-/m1/s1. The summed E-state index contributed by atoms with van der Waals surface area (Å²) in [6.07, 6.45) is 3.25. The molecule has 0 spiro atoms. The van der Waals surface area contributed by atoms with Gasteiger partial charge in [0.15, 0.2) is 11.5 Å². The number of pyridine rings is 1. The predicted molar refractivity (Wildman–Crippen MR) is 136 cm³/mol. The largest absolute Gasteiger partial charge is 0.507 e. The van der Waals surface area contributed by atoms with Gasteiger partial charge in [0.1, 0.15) is 11.5 Å². The number of ether oxygens (including phenoxy) is 4. The van der Waals surface area contributed by atoms with Crippen LogP contribution in [0.3, 0.4) is 0 Å². The van der Waals surface area contributed by atoms with Crippen LogP contribution in [0.2, 0.25) is 0 Å². The van der Waals surface area contributed by atoms with Gasteiger partial charge in [-0.25, -0.2) is 0 Å². The van der Waals surface area contributed by atoms with Crippen LogP contribution in [0.4, 0.5) is 0 Å². The molecule has 37 heavy (non-hydrogen) atoms. The Labute approximate surface area is 214 Å². The number of carbonyl (C=O) groups excluding carboxylic acids is 2. The van der Waals surface area contributed by atoms with Crippen molar-refractivity contribution in [3.05, 3.63) is 82.7 Å². The molecule has 3 aromatic rings. The first kappa shape index (κ1) is 25.6. The molecule has 0 radical (unpaired) electrons. The molecule has 1 aliphatic heterocycles. The number of amides is 1. The third-order valence-corrected chi connectivity index (χ3v) is 6.29. The van der Waals surface area contributed by atoms with E-state index in [0.717, 1.165) is 11.1 Å². The van der Waals surface area contributed by atoms with Crippen LogP contribution >= 0.6 is 0 Å². The Hall–Kier alpha value is -4.53. The van der Waals surface area contributed by atoms with Crippen molar-refractivity contribution in [1.29, 1.82) is 0 Å². The number of aliphatic hydroxyl groups excluding tert-OH is 1. The van der Waals surface area contributed by atoms with Crippen molar-refractivity contribution in [2.45, 2.75) is 19.5 Å². The van der Waals surface area contributed by atoms with E-state index in [1.54, 1.807) is 55.9 Å². The molecule has 1 N–H and O–H groups in total. The van der Waals surface area contributed by atoms with Crippen LogP contribution < -0.4 is 18.9 Å². The van der Waals surface area contributed by atoms with Gasteiger partial charge in [-0.2, -0.15) is 0 Å². The van der Waals surface area contributed by atoms with Gasteiger partial charge in [-0.05, 0) is 60.0 Å². The van der Waals surface area contributed by atoms with E-state index in [2.05, 4.69) is 4.98 Å². The minimum Gasteiger partial charge on any atom is -0.507 e. The minimum atomic E-state index is -0.934. The maximum absolute atomic E-state index is 13.4. The highest BCUT2D eigenvalue weighted by Crippen LogP contribution is 2.46. The molecule has 2 heterocycles. The second kappa shape index (κ2) is 10.6. The summed E-state index contributed by atoms with van der Waals surface area (Å²) < 4.78 is 21.8. The Balaban J connectivity index is 1.95. The maximum Gasteiger partial charge on any atom is 0.295 e. The third-order valence-electron chi connectivity index (χ3n) is 6.29. The average Bonchev–Trinajstić information content (AvgIpc) is 3.17. The first-order valence-corrected chi connectivity index (χ1v) is 11.5. The number of methoxy groups -OCH3 is 4. The highest BCUT2D eigenvalue weighted by molar-refractivity contribution is 6.46. The lowest BCUT2D eigenvalue weighted by atomic mass is 9.94. The molecule has 1 fully saturated rings. The zero-order valence-electron chi connectivity index (χ0n) is 21.3. The number of likely N-dealkylation sites (tertiary alicyclic amines) is 1. The van der Waals surface area contributed by atoms with Crippen molar-refractivity contribution in [3.8, 4) is 23.0 Å². The van der Waals surface area contributed by atoms with Crippen LogP contribution in [0.5, 0.6) is 23.0 Å². The number of hydrogen-bond acceptors (Lipinski definition) is 8. The minimum absolute atomic E-state index is 0.0484. The van der Waals surface area contributed by atoms with Gasteiger partial charge in [-0.15, -0.1) is 0 Å². The molecule has 1 amide bonds. The molecule has 9 heteroatoms. The molecule has 0 saturated carbocycles. The van der Waals surface area contributed by atoms with Gasteiger partial charge in [-0.3, -0.25) is 14.6 Å². The number of nitrogens with zero attached hydrogens (tertiary/aromatic N) is 2. The summed E-state index contributed by atoms with van der Waals surface area (Å²) in [4.78, 5) is 32.3. The van der Waals surface area contributed by atoms with Crippen LogP contribution in [0.1, 0.15) is 28.3 Å². The van der Waals surface area contributed by atoms with Crippen molar-refractivity contribution < 1.29 is 33.6 Å². The SMILES string of the molecule is COc1ccc(/C(O)=C2\C(=O)C(=O)N(Cc3cccnc3)[C@@H]2c2cc(OC)c(OC)c(OC)c2)cc1C. The van der Waals surface area contributed by atoms with Crippen LogP contribution in [-0.2, 0) is 16.1 Å². The molecule has 1 aliphatic rings. The highest BCUT2D eigenvalue weighted by atomic mass is 16.5. The molecule has 1 aromatic heterocycles. The lowest BCUT2D eigenvalue weighted by Crippen LogP contribution is -2.29. The second-order valence-corrected chi connectivity index (χ2v) is 8.43. The molecular weight excluding hydrogens is 476 g/mol. The van der Waals surface area contributed by atoms with Crippen molar-refractivity contribution >= 4 is 17.4 Å². The van der Waals surface area contributed by atoms with Gasteiger partial charge < -0.3 is 29.0 Å². The summed E-state index contributed by atoms with van der Waals surface area (Å²) in [7, 11) is 6.00. The molecule has 1 saturated heterocycles. The number of hydrogen-bond donors (Lipinski definition) is 1. The van der Waals surface area contributed by atoms with Gasteiger partial charge in [0, 0.05) is 24.5 Å². The van der Waals surface area contributed by atoms with Crippen molar-refractivity contribution in [2.75, 3.05) is 28.4 Å². The molecule has 0 aliphatic carbocycles. The number of rotatable bonds is 8. The fourth-order valence-corrected chi connectivity index (χ4v) is 4.52. The van der Waals surface area contributed by atoms with E-state index >= 15 is 0 Å².